The molecule has 1 heterocycles. The minimum absolute atomic E-state index is 0.141. The first kappa shape index (κ1) is 8.99. The number of aliphatic hydroxyl groups excluding tert-OH is 1. The van der Waals surface area contributed by atoms with E-state index < -0.39 is 17.9 Å². The lowest BCUT2D eigenvalue weighted by atomic mass is 10.00. The highest BCUT2D eigenvalue weighted by atomic mass is 16.3. The summed E-state index contributed by atoms with van der Waals surface area (Å²) >= 11 is 0. The van der Waals surface area contributed by atoms with Gasteiger partial charge >= 0.3 is 0 Å². The monoisotopic (exact) mass is 172 g/mol. The predicted molar refractivity (Wildman–Crippen MR) is 40.9 cm³/mol. The molecule has 5 heteroatoms. The Bertz CT molecular complexity index is 205. The van der Waals surface area contributed by atoms with Gasteiger partial charge in [0, 0.05) is 13.0 Å². The molecule has 2 amide bonds. The molecular formula is C7H12N2O3. The molecule has 0 aliphatic carbocycles. The lowest BCUT2D eigenvalue weighted by molar-refractivity contribution is -0.124. The van der Waals surface area contributed by atoms with Gasteiger partial charge in [-0.25, -0.2) is 0 Å². The summed E-state index contributed by atoms with van der Waals surface area (Å²) in [5.74, 6) is -1.35. The van der Waals surface area contributed by atoms with Gasteiger partial charge in [0.25, 0.3) is 0 Å². The second-order valence-electron chi connectivity index (χ2n) is 2.92. The number of primary amides is 1. The SMILES string of the molecule is NC(=O)C1CNC(=O)CCC1O. The third kappa shape index (κ3) is 1.94. The molecule has 2 unspecified atom stereocenters. The first-order valence-electron chi connectivity index (χ1n) is 3.85. The van der Waals surface area contributed by atoms with Crippen LogP contribution in [0.15, 0.2) is 0 Å². The predicted octanol–water partition coefficient (Wildman–Crippen LogP) is -1.64. The maximum absolute atomic E-state index is 10.8. The van der Waals surface area contributed by atoms with Gasteiger partial charge in [0.05, 0.1) is 12.0 Å². The van der Waals surface area contributed by atoms with E-state index in [0.29, 0.717) is 6.42 Å². The zero-order chi connectivity index (χ0) is 9.14. The molecule has 68 valence electrons. The third-order valence-electron chi connectivity index (χ3n) is 2.02. The standard InChI is InChI=1S/C7H12N2O3/c8-7(12)4-3-9-6(11)2-1-5(4)10/h4-5,10H,1-3H2,(H2,8,12)(H,9,11). The van der Waals surface area contributed by atoms with Crippen molar-refractivity contribution in [2.45, 2.75) is 18.9 Å². The van der Waals surface area contributed by atoms with Crippen LogP contribution in [0.3, 0.4) is 0 Å². The van der Waals surface area contributed by atoms with E-state index in [1.165, 1.54) is 0 Å². The number of hydrogen-bond acceptors (Lipinski definition) is 3. The first-order valence-corrected chi connectivity index (χ1v) is 3.85. The van der Waals surface area contributed by atoms with E-state index >= 15 is 0 Å². The lowest BCUT2D eigenvalue weighted by Gasteiger charge is -2.15. The molecule has 0 spiro atoms. The molecule has 1 saturated heterocycles. The zero-order valence-corrected chi connectivity index (χ0v) is 6.62. The Morgan fingerprint density at radius 3 is 2.92 bits per heavy atom. The summed E-state index contributed by atoms with van der Waals surface area (Å²) in [4.78, 5) is 21.6. The van der Waals surface area contributed by atoms with Crippen molar-refractivity contribution in [3.8, 4) is 0 Å². The quantitative estimate of drug-likeness (QED) is 0.443. The van der Waals surface area contributed by atoms with Crippen molar-refractivity contribution in [2.24, 2.45) is 11.7 Å². The van der Waals surface area contributed by atoms with Gasteiger partial charge in [-0.1, -0.05) is 0 Å². The summed E-state index contributed by atoms with van der Waals surface area (Å²) < 4.78 is 0. The van der Waals surface area contributed by atoms with Crippen molar-refractivity contribution >= 4 is 11.8 Å². The molecular weight excluding hydrogens is 160 g/mol. The van der Waals surface area contributed by atoms with Crippen LogP contribution in [0.5, 0.6) is 0 Å². The van der Waals surface area contributed by atoms with Crippen molar-refractivity contribution in [1.82, 2.24) is 5.32 Å². The molecule has 0 saturated carbocycles. The van der Waals surface area contributed by atoms with Gasteiger partial charge in [-0.05, 0) is 6.42 Å². The fourth-order valence-electron chi connectivity index (χ4n) is 1.22. The van der Waals surface area contributed by atoms with E-state index in [-0.39, 0.29) is 18.9 Å². The average molecular weight is 172 g/mol. The normalized spacial score (nSPS) is 30.6. The number of carbonyl (C=O) groups excluding carboxylic acids is 2. The average Bonchev–Trinajstić information content (AvgIpc) is 2.14. The Kier molecular flexibility index (Phi) is 2.65. The van der Waals surface area contributed by atoms with Crippen molar-refractivity contribution < 1.29 is 14.7 Å². The van der Waals surface area contributed by atoms with Crippen molar-refractivity contribution in [3.05, 3.63) is 0 Å². The number of nitrogens with two attached hydrogens (primary N) is 1. The molecule has 0 aromatic heterocycles. The largest absolute Gasteiger partial charge is 0.392 e. The van der Waals surface area contributed by atoms with Gasteiger partial charge in [-0.3, -0.25) is 9.59 Å². The summed E-state index contributed by atoms with van der Waals surface area (Å²) in [7, 11) is 0. The Hall–Kier alpha value is -1.10. The Morgan fingerprint density at radius 2 is 2.33 bits per heavy atom. The van der Waals surface area contributed by atoms with Crippen LogP contribution >= 0.6 is 0 Å². The minimum atomic E-state index is -0.790. The van der Waals surface area contributed by atoms with Gasteiger partial charge in [-0.15, -0.1) is 0 Å². The summed E-state index contributed by atoms with van der Waals surface area (Å²) in [6.07, 6.45) is -0.230. The summed E-state index contributed by atoms with van der Waals surface area (Å²) in [6, 6.07) is 0. The number of amides is 2. The number of aliphatic hydroxyl groups is 1. The van der Waals surface area contributed by atoms with Crippen LogP contribution in [0, 0.1) is 5.92 Å². The number of carbonyl (C=O) groups is 2. The van der Waals surface area contributed by atoms with Gasteiger partial charge in [0.15, 0.2) is 0 Å². The van der Waals surface area contributed by atoms with E-state index in [0.717, 1.165) is 0 Å². The highest BCUT2D eigenvalue weighted by molar-refractivity contribution is 5.81. The van der Waals surface area contributed by atoms with Gasteiger partial charge < -0.3 is 16.2 Å². The van der Waals surface area contributed by atoms with E-state index in [4.69, 9.17) is 5.73 Å². The number of hydrogen-bond donors (Lipinski definition) is 3. The van der Waals surface area contributed by atoms with E-state index in [1.54, 1.807) is 0 Å². The molecule has 2 atom stereocenters. The summed E-state index contributed by atoms with van der Waals surface area (Å²) in [6.45, 7) is 0.148. The van der Waals surface area contributed by atoms with Crippen molar-refractivity contribution in [3.63, 3.8) is 0 Å². The fraction of sp³-hybridized carbons (Fsp3) is 0.714. The summed E-state index contributed by atoms with van der Waals surface area (Å²) in [5.41, 5.74) is 5.02. The second-order valence-corrected chi connectivity index (χ2v) is 2.92. The van der Waals surface area contributed by atoms with Gasteiger partial charge in [-0.2, -0.15) is 0 Å². The first-order chi connectivity index (χ1) is 5.61. The van der Waals surface area contributed by atoms with Crippen LogP contribution in [-0.2, 0) is 9.59 Å². The fourth-order valence-corrected chi connectivity index (χ4v) is 1.22. The van der Waals surface area contributed by atoms with Crippen LogP contribution in [0.2, 0.25) is 0 Å². The number of rotatable bonds is 1. The van der Waals surface area contributed by atoms with Gasteiger partial charge in [0.1, 0.15) is 0 Å². The van der Waals surface area contributed by atoms with E-state index in [1.807, 2.05) is 0 Å². The van der Waals surface area contributed by atoms with Crippen LogP contribution in [0.25, 0.3) is 0 Å². The molecule has 0 bridgehead atoms. The lowest BCUT2D eigenvalue weighted by Crippen LogP contribution is -2.39. The molecule has 1 rings (SSSR count). The van der Waals surface area contributed by atoms with E-state index in [9.17, 15) is 14.7 Å². The van der Waals surface area contributed by atoms with Crippen LogP contribution < -0.4 is 11.1 Å². The molecule has 5 nitrogen and oxygen atoms in total. The highest BCUT2D eigenvalue weighted by Crippen LogP contribution is 2.12. The summed E-state index contributed by atoms with van der Waals surface area (Å²) in [5, 5.41) is 11.9. The Balaban J connectivity index is 2.62. The minimum Gasteiger partial charge on any atom is -0.392 e. The Labute approximate surface area is 69.9 Å². The van der Waals surface area contributed by atoms with Crippen molar-refractivity contribution in [2.75, 3.05) is 6.54 Å². The highest BCUT2D eigenvalue weighted by Gasteiger charge is 2.28. The molecule has 12 heavy (non-hydrogen) atoms. The zero-order valence-electron chi connectivity index (χ0n) is 6.62. The maximum atomic E-state index is 10.8. The Morgan fingerprint density at radius 1 is 1.67 bits per heavy atom. The van der Waals surface area contributed by atoms with Crippen LogP contribution in [0.1, 0.15) is 12.8 Å². The molecule has 1 aliphatic rings. The number of nitrogens with one attached hydrogen (secondary N) is 1. The van der Waals surface area contributed by atoms with Gasteiger partial charge in [0.2, 0.25) is 11.8 Å². The van der Waals surface area contributed by atoms with E-state index in [2.05, 4.69) is 5.32 Å². The second kappa shape index (κ2) is 3.53. The molecule has 1 fully saturated rings. The molecule has 1 aliphatic heterocycles. The third-order valence-corrected chi connectivity index (χ3v) is 2.02. The molecule has 0 radical (unpaired) electrons. The molecule has 0 aromatic carbocycles. The van der Waals surface area contributed by atoms with Crippen LogP contribution in [-0.4, -0.2) is 29.6 Å². The smallest absolute Gasteiger partial charge is 0.224 e. The molecule has 0 aromatic rings. The van der Waals surface area contributed by atoms with Crippen molar-refractivity contribution in [1.29, 1.82) is 0 Å². The maximum Gasteiger partial charge on any atom is 0.224 e. The topological polar surface area (TPSA) is 92.4 Å². The molecule has 4 N–H and O–H groups in total. The van der Waals surface area contributed by atoms with Crippen LogP contribution in [0.4, 0.5) is 0 Å².